The first-order chi connectivity index (χ1) is 12.5. The summed E-state index contributed by atoms with van der Waals surface area (Å²) >= 11 is 0. The molecule has 7 nitrogen and oxygen atoms in total. The molecule has 3 heterocycles. The summed E-state index contributed by atoms with van der Waals surface area (Å²) in [6, 6.07) is 0. The molecule has 3 aliphatic rings. The zero-order valence-corrected chi connectivity index (χ0v) is 16.4. The van der Waals surface area contributed by atoms with E-state index < -0.39 is 41.6 Å². The van der Waals surface area contributed by atoms with Crippen LogP contribution in [0, 0.1) is 17.8 Å². The van der Waals surface area contributed by atoms with Crippen LogP contribution in [0.15, 0.2) is 12.2 Å². The summed E-state index contributed by atoms with van der Waals surface area (Å²) in [5.74, 6) is -3.60. The van der Waals surface area contributed by atoms with Crippen LogP contribution in [0.1, 0.15) is 53.4 Å². The predicted octanol–water partition coefficient (Wildman–Crippen LogP) is 1.70. The van der Waals surface area contributed by atoms with E-state index in [0.717, 1.165) is 0 Å². The number of hydrogen-bond donors (Lipinski definition) is 2. The predicted molar refractivity (Wildman–Crippen MR) is 95.3 cm³/mol. The van der Waals surface area contributed by atoms with E-state index in [1.807, 2.05) is 6.92 Å². The highest BCUT2D eigenvalue weighted by Gasteiger charge is 2.60. The Balaban J connectivity index is 1.99. The van der Waals surface area contributed by atoms with Gasteiger partial charge in [0.05, 0.1) is 23.5 Å². The van der Waals surface area contributed by atoms with Gasteiger partial charge in [-0.3, -0.25) is 4.79 Å². The van der Waals surface area contributed by atoms with Crippen molar-refractivity contribution in [3.05, 3.63) is 12.2 Å². The molecular formula is C20H30O7. The topological polar surface area (TPSA) is 102 Å². The van der Waals surface area contributed by atoms with Crippen LogP contribution in [0.4, 0.5) is 0 Å². The van der Waals surface area contributed by atoms with Gasteiger partial charge in [0.25, 0.3) is 0 Å². The lowest BCUT2D eigenvalue weighted by atomic mass is 9.78. The Morgan fingerprint density at radius 2 is 2.11 bits per heavy atom. The highest BCUT2D eigenvalue weighted by Crippen LogP contribution is 2.49. The van der Waals surface area contributed by atoms with Crippen LogP contribution in [-0.4, -0.2) is 51.9 Å². The quantitative estimate of drug-likeness (QED) is 0.566. The van der Waals surface area contributed by atoms with Gasteiger partial charge in [-0.1, -0.05) is 27.4 Å². The summed E-state index contributed by atoms with van der Waals surface area (Å²) < 4.78 is 17.2. The molecule has 2 N–H and O–H groups in total. The molecule has 3 rings (SSSR count). The molecule has 0 aromatic carbocycles. The molecule has 0 amide bonds. The van der Waals surface area contributed by atoms with E-state index in [2.05, 4.69) is 6.58 Å². The van der Waals surface area contributed by atoms with Crippen LogP contribution in [0.25, 0.3) is 0 Å². The van der Waals surface area contributed by atoms with E-state index in [-0.39, 0.29) is 36.2 Å². The first kappa shape index (κ1) is 20.3. The van der Waals surface area contributed by atoms with Crippen molar-refractivity contribution in [2.75, 3.05) is 0 Å². The molecule has 3 aliphatic heterocycles. The van der Waals surface area contributed by atoms with Gasteiger partial charge in [0.1, 0.15) is 12.2 Å². The lowest BCUT2D eigenvalue weighted by molar-refractivity contribution is -0.253. The lowest BCUT2D eigenvalue weighted by Crippen LogP contribution is -2.45. The van der Waals surface area contributed by atoms with Crippen LogP contribution in [-0.2, 0) is 23.8 Å². The number of fused-ring (bicyclic) bond motifs is 3. The maximum absolute atomic E-state index is 12.5. The number of carbonyl (C=O) groups is 2. The fourth-order valence-electron chi connectivity index (χ4n) is 4.40. The van der Waals surface area contributed by atoms with Crippen molar-refractivity contribution in [1.82, 2.24) is 0 Å². The van der Waals surface area contributed by atoms with Gasteiger partial charge in [0.15, 0.2) is 5.79 Å². The molecule has 0 unspecified atom stereocenters. The average Bonchev–Trinajstić information content (AvgIpc) is 2.99. The smallest absolute Gasteiger partial charge is 0.334 e. The summed E-state index contributed by atoms with van der Waals surface area (Å²) in [6.07, 6.45) is -1.05. The summed E-state index contributed by atoms with van der Waals surface area (Å²) in [4.78, 5) is 24.7. The van der Waals surface area contributed by atoms with Gasteiger partial charge >= 0.3 is 11.9 Å². The van der Waals surface area contributed by atoms with Gasteiger partial charge in [0, 0.05) is 24.3 Å². The molecule has 0 saturated carbocycles. The van der Waals surface area contributed by atoms with E-state index in [4.69, 9.17) is 14.2 Å². The molecule has 3 fully saturated rings. The largest absolute Gasteiger partial charge is 0.461 e. The molecule has 0 spiro atoms. The zero-order chi connectivity index (χ0) is 20.1. The number of aliphatic hydroxyl groups excluding tert-OH is 1. The Morgan fingerprint density at radius 1 is 1.44 bits per heavy atom. The summed E-state index contributed by atoms with van der Waals surface area (Å²) in [7, 11) is 0. The van der Waals surface area contributed by atoms with E-state index in [1.54, 1.807) is 20.8 Å². The zero-order valence-electron chi connectivity index (χ0n) is 16.4. The summed E-state index contributed by atoms with van der Waals surface area (Å²) in [6.45, 7) is 11.0. The molecule has 8 atom stereocenters. The van der Waals surface area contributed by atoms with E-state index in [1.165, 1.54) is 0 Å². The van der Waals surface area contributed by atoms with Crippen molar-refractivity contribution in [2.24, 2.45) is 17.8 Å². The number of esters is 2. The van der Waals surface area contributed by atoms with E-state index in [0.29, 0.717) is 12.8 Å². The molecule has 7 heteroatoms. The van der Waals surface area contributed by atoms with Crippen LogP contribution in [0.3, 0.4) is 0 Å². The Labute approximate surface area is 159 Å². The summed E-state index contributed by atoms with van der Waals surface area (Å²) in [5.41, 5.74) is -0.846. The molecule has 0 aromatic heterocycles. The molecular weight excluding hydrogens is 352 g/mol. The molecule has 152 valence electrons. The fourth-order valence-corrected chi connectivity index (χ4v) is 4.40. The number of carbonyl (C=O) groups excluding carboxylic acids is 2. The minimum Gasteiger partial charge on any atom is -0.461 e. The Bertz CT molecular complexity index is 646. The van der Waals surface area contributed by atoms with Crippen LogP contribution in [0.2, 0.25) is 0 Å². The van der Waals surface area contributed by atoms with Gasteiger partial charge in [-0.2, -0.15) is 0 Å². The van der Waals surface area contributed by atoms with Crippen molar-refractivity contribution in [3.8, 4) is 0 Å². The number of aliphatic hydroxyl groups is 2. The van der Waals surface area contributed by atoms with Crippen LogP contribution in [0.5, 0.6) is 0 Å². The standard InChI is InChI=1S/C20H30O7/c1-6-10(2)17(22)26-14-8-19(5)15(21)9-20(24,27-19)11(3)7-13-16(14)12(4)18(23)25-13/h10-11,13-16,21,24H,4,6-9H2,1-3,5H3/t10-,11-,13+,14+,15-,16-,19+,20-/m0/s1. The van der Waals surface area contributed by atoms with Gasteiger partial charge in [0.2, 0.25) is 0 Å². The maximum atomic E-state index is 12.5. The Hall–Kier alpha value is -1.44. The van der Waals surface area contributed by atoms with Crippen molar-refractivity contribution in [3.63, 3.8) is 0 Å². The molecule has 0 radical (unpaired) electrons. The molecule has 3 saturated heterocycles. The van der Waals surface area contributed by atoms with Crippen molar-refractivity contribution >= 4 is 11.9 Å². The van der Waals surface area contributed by atoms with Crippen molar-refractivity contribution in [1.29, 1.82) is 0 Å². The average molecular weight is 382 g/mol. The first-order valence-electron chi connectivity index (χ1n) is 9.71. The highest BCUT2D eigenvalue weighted by atomic mass is 16.7. The second kappa shape index (κ2) is 6.87. The second-order valence-corrected chi connectivity index (χ2v) is 8.60. The highest BCUT2D eigenvalue weighted by molar-refractivity contribution is 5.91. The fraction of sp³-hybridized carbons (Fsp3) is 0.800. The molecule has 2 bridgehead atoms. The Kier molecular flexibility index (Phi) is 5.16. The van der Waals surface area contributed by atoms with Crippen LogP contribution >= 0.6 is 0 Å². The third-order valence-electron chi connectivity index (χ3n) is 6.57. The normalized spacial score (nSPS) is 45.3. The molecule has 0 aromatic rings. The third kappa shape index (κ3) is 3.41. The minimum atomic E-state index is -1.52. The molecule has 27 heavy (non-hydrogen) atoms. The SMILES string of the molecule is C=C1C(=O)O[C@@H]2C[C@H](C)[C@]3(O)C[C@H](O)[C@@](C)(C[C@@H](OC(=O)[C@@H](C)CC)[C@@H]12)O3. The minimum absolute atomic E-state index is 0.0585. The van der Waals surface area contributed by atoms with Crippen LogP contribution < -0.4 is 0 Å². The number of rotatable bonds is 3. The lowest BCUT2D eigenvalue weighted by Gasteiger charge is -2.34. The van der Waals surface area contributed by atoms with Crippen molar-refractivity contribution in [2.45, 2.75) is 83.1 Å². The molecule has 0 aliphatic carbocycles. The number of hydrogen-bond acceptors (Lipinski definition) is 7. The summed E-state index contributed by atoms with van der Waals surface area (Å²) in [5, 5.41) is 21.6. The van der Waals surface area contributed by atoms with E-state index in [9.17, 15) is 19.8 Å². The Morgan fingerprint density at radius 3 is 2.74 bits per heavy atom. The number of ether oxygens (including phenoxy) is 3. The van der Waals surface area contributed by atoms with Gasteiger partial charge in [-0.15, -0.1) is 0 Å². The monoisotopic (exact) mass is 382 g/mol. The third-order valence-corrected chi connectivity index (χ3v) is 6.57. The van der Waals surface area contributed by atoms with Crippen molar-refractivity contribution < 1.29 is 34.0 Å². The van der Waals surface area contributed by atoms with Gasteiger partial charge in [-0.05, 0) is 19.8 Å². The van der Waals surface area contributed by atoms with Gasteiger partial charge < -0.3 is 24.4 Å². The van der Waals surface area contributed by atoms with Gasteiger partial charge in [-0.25, -0.2) is 4.79 Å². The maximum Gasteiger partial charge on any atom is 0.334 e. The second-order valence-electron chi connectivity index (χ2n) is 8.60. The first-order valence-corrected chi connectivity index (χ1v) is 9.71. The van der Waals surface area contributed by atoms with E-state index >= 15 is 0 Å².